The molecule has 2 bridgehead atoms. The number of ether oxygens (including phenoxy) is 1. The Labute approximate surface area is 193 Å². The molecule has 3 atom stereocenters. The second-order valence-corrected chi connectivity index (χ2v) is 8.54. The van der Waals surface area contributed by atoms with Gasteiger partial charge < -0.3 is 24.7 Å². The van der Waals surface area contributed by atoms with Crippen LogP contribution in [0.2, 0.25) is 5.02 Å². The standard InChI is InChI=1S/C19H27ClN2O2.C4H4O4/c1-4-18(22(3)14-7-5-13(20)6-8-14)19(23)24-17-11-15-9-10-16(12-17)21(15)2;5-3(6)1-2-4(7)8/h5-8,15-18H,4,9-12H2,1-3H3;1-2H,(H,5,6)(H,7,8). The number of esters is 1. The molecule has 2 fully saturated rings. The van der Waals surface area contributed by atoms with Gasteiger partial charge in [-0.2, -0.15) is 0 Å². The number of rotatable bonds is 7. The molecule has 2 aliphatic heterocycles. The van der Waals surface area contributed by atoms with Crippen LogP contribution in [0.4, 0.5) is 5.69 Å². The van der Waals surface area contributed by atoms with Crippen LogP contribution in [0.5, 0.6) is 0 Å². The Morgan fingerprint density at radius 1 is 1.12 bits per heavy atom. The predicted octanol–water partition coefficient (Wildman–Crippen LogP) is 3.44. The van der Waals surface area contributed by atoms with Crippen LogP contribution < -0.4 is 4.90 Å². The van der Waals surface area contributed by atoms with Crippen LogP contribution in [-0.4, -0.2) is 71.3 Å². The molecule has 9 heteroatoms. The maximum atomic E-state index is 12.7. The van der Waals surface area contributed by atoms with Gasteiger partial charge in [-0.15, -0.1) is 0 Å². The van der Waals surface area contributed by atoms with Crippen molar-refractivity contribution in [2.45, 2.75) is 63.3 Å². The monoisotopic (exact) mass is 466 g/mol. The fourth-order valence-corrected chi connectivity index (χ4v) is 4.42. The highest BCUT2D eigenvalue weighted by Crippen LogP contribution is 2.35. The van der Waals surface area contributed by atoms with Crippen LogP contribution in [0, 0.1) is 0 Å². The molecule has 0 aliphatic carbocycles. The first-order valence-electron chi connectivity index (χ1n) is 10.7. The summed E-state index contributed by atoms with van der Waals surface area (Å²) in [6.45, 7) is 2.02. The number of piperidine rings is 1. The second kappa shape index (κ2) is 11.9. The largest absolute Gasteiger partial charge is 0.478 e. The van der Waals surface area contributed by atoms with Gasteiger partial charge in [0, 0.05) is 42.0 Å². The number of aliphatic carboxylic acids is 2. The van der Waals surface area contributed by atoms with E-state index in [0.717, 1.165) is 24.9 Å². The molecular formula is C23H31ClN2O6. The van der Waals surface area contributed by atoms with Crippen LogP contribution in [0.15, 0.2) is 36.4 Å². The number of hydrogen-bond donors (Lipinski definition) is 2. The summed E-state index contributed by atoms with van der Waals surface area (Å²) in [4.78, 5) is 36.3. The number of carboxylic acid groups (broad SMARTS) is 2. The molecule has 176 valence electrons. The first-order valence-corrected chi connectivity index (χ1v) is 11.0. The first kappa shape index (κ1) is 25.7. The Morgan fingerprint density at radius 2 is 1.62 bits per heavy atom. The lowest BCUT2D eigenvalue weighted by atomic mass is 10.0. The van der Waals surface area contributed by atoms with Gasteiger partial charge in [0.05, 0.1) is 0 Å². The van der Waals surface area contributed by atoms with Gasteiger partial charge in [0.25, 0.3) is 0 Å². The highest BCUT2D eigenvalue weighted by Gasteiger charge is 2.40. The Morgan fingerprint density at radius 3 is 2.06 bits per heavy atom. The summed E-state index contributed by atoms with van der Waals surface area (Å²) in [7, 11) is 4.14. The van der Waals surface area contributed by atoms with Gasteiger partial charge in [-0.3, -0.25) is 0 Å². The van der Waals surface area contributed by atoms with E-state index in [1.165, 1.54) is 12.8 Å². The summed E-state index contributed by atoms with van der Waals surface area (Å²) in [5, 5.41) is 16.3. The zero-order valence-electron chi connectivity index (χ0n) is 18.6. The zero-order chi connectivity index (χ0) is 23.8. The van der Waals surface area contributed by atoms with E-state index in [-0.39, 0.29) is 18.1 Å². The van der Waals surface area contributed by atoms with Gasteiger partial charge in [-0.25, -0.2) is 14.4 Å². The molecule has 0 amide bonds. The lowest BCUT2D eigenvalue weighted by Gasteiger charge is -2.37. The summed E-state index contributed by atoms with van der Waals surface area (Å²) >= 11 is 5.95. The van der Waals surface area contributed by atoms with Crippen LogP contribution in [-0.2, 0) is 19.1 Å². The van der Waals surface area contributed by atoms with Gasteiger partial charge in [0.15, 0.2) is 0 Å². The third kappa shape index (κ3) is 7.24. The summed E-state index contributed by atoms with van der Waals surface area (Å²) in [5.74, 6) is -2.62. The third-order valence-electron chi connectivity index (χ3n) is 6.07. The molecule has 3 unspecified atom stereocenters. The summed E-state index contributed by atoms with van der Waals surface area (Å²) in [6.07, 6.45) is 6.31. The normalized spacial score (nSPS) is 23.2. The Balaban J connectivity index is 0.000000390. The third-order valence-corrected chi connectivity index (χ3v) is 6.32. The van der Waals surface area contributed by atoms with Gasteiger partial charge in [0.1, 0.15) is 12.1 Å². The molecule has 0 aromatic heterocycles. The van der Waals surface area contributed by atoms with Crippen molar-refractivity contribution >= 4 is 35.2 Å². The number of hydrogen-bond acceptors (Lipinski definition) is 6. The van der Waals surface area contributed by atoms with Gasteiger partial charge in [-0.1, -0.05) is 18.5 Å². The van der Waals surface area contributed by atoms with Crippen molar-refractivity contribution in [3.63, 3.8) is 0 Å². The van der Waals surface area contributed by atoms with E-state index in [1.807, 2.05) is 43.1 Å². The molecule has 8 nitrogen and oxygen atoms in total. The molecule has 1 aromatic rings. The highest BCUT2D eigenvalue weighted by atomic mass is 35.5. The molecule has 0 spiro atoms. The van der Waals surface area contributed by atoms with E-state index in [1.54, 1.807) is 0 Å². The SMILES string of the molecule is CCC(C(=O)OC1CC2CCC(C1)N2C)N(C)c1ccc(Cl)cc1.O=C(O)C=CC(=O)O. The molecule has 2 heterocycles. The van der Waals surface area contributed by atoms with E-state index in [4.69, 9.17) is 26.6 Å². The number of halogens is 1. The highest BCUT2D eigenvalue weighted by molar-refractivity contribution is 6.30. The van der Waals surface area contributed by atoms with Crippen LogP contribution in [0.1, 0.15) is 39.0 Å². The molecule has 2 saturated heterocycles. The van der Waals surface area contributed by atoms with Crippen LogP contribution in [0.3, 0.4) is 0 Å². The molecule has 0 radical (unpaired) electrons. The van der Waals surface area contributed by atoms with E-state index in [9.17, 15) is 14.4 Å². The lowest BCUT2D eigenvalue weighted by molar-refractivity contribution is -0.154. The number of fused-ring (bicyclic) bond motifs is 2. The second-order valence-electron chi connectivity index (χ2n) is 8.10. The minimum atomic E-state index is -1.26. The lowest BCUT2D eigenvalue weighted by Crippen LogP contribution is -2.46. The topological polar surface area (TPSA) is 107 Å². The summed E-state index contributed by atoms with van der Waals surface area (Å²) < 4.78 is 5.91. The number of carbonyl (C=O) groups excluding carboxylic acids is 1. The van der Waals surface area contributed by atoms with Gasteiger partial charge >= 0.3 is 17.9 Å². The van der Waals surface area contributed by atoms with E-state index in [0.29, 0.717) is 29.3 Å². The molecule has 1 aromatic carbocycles. The van der Waals surface area contributed by atoms with Crippen molar-refractivity contribution in [3.8, 4) is 0 Å². The van der Waals surface area contributed by atoms with Gasteiger partial charge in [-0.05, 0) is 63.4 Å². The Kier molecular flexibility index (Phi) is 9.53. The maximum Gasteiger partial charge on any atom is 0.329 e. The van der Waals surface area contributed by atoms with Crippen LogP contribution in [0.25, 0.3) is 0 Å². The fourth-order valence-electron chi connectivity index (χ4n) is 4.30. The predicted molar refractivity (Wildman–Crippen MR) is 122 cm³/mol. The number of likely N-dealkylation sites (N-methyl/N-ethyl adjacent to an activating group) is 1. The smallest absolute Gasteiger partial charge is 0.329 e. The average Bonchev–Trinajstić information content (AvgIpc) is 2.94. The minimum absolute atomic E-state index is 0.0684. The van der Waals surface area contributed by atoms with E-state index >= 15 is 0 Å². The fraction of sp³-hybridized carbons (Fsp3) is 0.522. The summed E-state index contributed by atoms with van der Waals surface area (Å²) in [6, 6.07) is 8.47. The maximum absolute atomic E-state index is 12.7. The number of nitrogens with zero attached hydrogens (tertiary/aromatic N) is 2. The molecule has 0 saturated carbocycles. The Bertz CT molecular complexity index is 798. The molecule has 2 aliphatic rings. The number of anilines is 1. The van der Waals surface area contributed by atoms with Crippen molar-refractivity contribution in [2.75, 3.05) is 19.0 Å². The molecule has 3 rings (SSSR count). The van der Waals surface area contributed by atoms with Crippen molar-refractivity contribution in [2.24, 2.45) is 0 Å². The quantitative estimate of drug-likeness (QED) is 0.465. The number of benzene rings is 1. The van der Waals surface area contributed by atoms with Crippen molar-refractivity contribution in [1.29, 1.82) is 0 Å². The van der Waals surface area contributed by atoms with Crippen molar-refractivity contribution < 1.29 is 29.3 Å². The minimum Gasteiger partial charge on any atom is -0.478 e. The van der Waals surface area contributed by atoms with E-state index < -0.39 is 11.9 Å². The van der Waals surface area contributed by atoms with Crippen molar-refractivity contribution in [3.05, 3.63) is 41.4 Å². The molecule has 2 N–H and O–H groups in total. The zero-order valence-corrected chi connectivity index (χ0v) is 19.4. The van der Waals surface area contributed by atoms with Crippen molar-refractivity contribution in [1.82, 2.24) is 4.90 Å². The van der Waals surface area contributed by atoms with Crippen LogP contribution >= 0.6 is 11.6 Å². The molecule has 32 heavy (non-hydrogen) atoms. The average molecular weight is 467 g/mol. The summed E-state index contributed by atoms with van der Waals surface area (Å²) in [5.41, 5.74) is 0.978. The first-order chi connectivity index (χ1) is 15.1. The van der Waals surface area contributed by atoms with E-state index in [2.05, 4.69) is 11.9 Å². The Hall–Kier alpha value is -2.58. The van der Waals surface area contributed by atoms with Gasteiger partial charge in [0.2, 0.25) is 0 Å². The number of carboxylic acids is 2. The number of carbonyl (C=O) groups is 3. The molecular weight excluding hydrogens is 436 g/mol.